The van der Waals surface area contributed by atoms with Crippen molar-refractivity contribution in [2.24, 2.45) is 13.0 Å². The molecule has 0 spiro atoms. The monoisotopic (exact) mass is 383 g/mol. The van der Waals surface area contributed by atoms with Crippen LogP contribution in [-0.4, -0.2) is 36.9 Å². The number of imidazole rings is 1. The zero-order chi connectivity index (χ0) is 20.0. The van der Waals surface area contributed by atoms with E-state index in [-0.39, 0.29) is 18.7 Å². The van der Waals surface area contributed by atoms with Gasteiger partial charge in [0, 0.05) is 39.0 Å². The first-order valence-corrected chi connectivity index (χ1v) is 9.57. The number of benzene rings is 1. The molecule has 0 amide bonds. The van der Waals surface area contributed by atoms with Crippen LogP contribution in [-0.2, 0) is 20.1 Å². The third-order valence-electron chi connectivity index (χ3n) is 5.33. The normalized spacial score (nSPS) is 16.6. The van der Waals surface area contributed by atoms with Crippen molar-refractivity contribution in [1.29, 1.82) is 0 Å². The molecular formula is C20H25N5O3. The number of aliphatic hydroxyl groups excluding tert-OH is 1. The van der Waals surface area contributed by atoms with Gasteiger partial charge in [-0.25, -0.2) is 4.79 Å². The van der Waals surface area contributed by atoms with Crippen molar-refractivity contribution in [3.8, 4) is 0 Å². The van der Waals surface area contributed by atoms with Gasteiger partial charge in [-0.15, -0.1) is 0 Å². The van der Waals surface area contributed by atoms with Crippen molar-refractivity contribution >= 4 is 22.8 Å². The average molecular weight is 383 g/mol. The van der Waals surface area contributed by atoms with Crippen LogP contribution in [0.1, 0.15) is 18.9 Å². The molecule has 0 unspecified atom stereocenters. The second kappa shape index (κ2) is 6.94. The molecule has 1 N–H and O–H groups in total. The summed E-state index contributed by atoms with van der Waals surface area (Å²) >= 11 is 0. The Kier molecular flexibility index (Phi) is 4.58. The molecule has 8 heteroatoms. The Morgan fingerprint density at radius 2 is 1.89 bits per heavy atom. The largest absolute Gasteiger partial charge is 0.396 e. The van der Waals surface area contributed by atoms with Gasteiger partial charge in [-0.1, -0.05) is 24.6 Å². The van der Waals surface area contributed by atoms with Gasteiger partial charge in [0.2, 0.25) is 5.95 Å². The molecule has 3 aromatic rings. The Labute approximate surface area is 162 Å². The van der Waals surface area contributed by atoms with E-state index in [0.717, 1.165) is 12.2 Å². The third-order valence-corrected chi connectivity index (χ3v) is 5.33. The highest BCUT2D eigenvalue weighted by Crippen LogP contribution is 2.32. The minimum Gasteiger partial charge on any atom is -0.396 e. The summed E-state index contributed by atoms with van der Waals surface area (Å²) in [5.74, 6) is 0.998. The van der Waals surface area contributed by atoms with Gasteiger partial charge >= 0.3 is 5.69 Å². The third kappa shape index (κ3) is 2.84. The summed E-state index contributed by atoms with van der Waals surface area (Å²) in [6.45, 7) is 5.76. The molecule has 0 saturated heterocycles. The Bertz CT molecular complexity index is 1140. The fraction of sp³-hybridized carbons (Fsp3) is 0.450. The van der Waals surface area contributed by atoms with Gasteiger partial charge in [-0.05, 0) is 31.4 Å². The minimum atomic E-state index is -0.406. The summed E-state index contributed by atoms with van der Waals surface area (Å²) in [5, 5.41) is 9.11. The van der Waals surface area contributed by atoms with Gasteiger partial charge in [0.15, 0.2) is 11.2 Å². The van der Waals surface area contributed by atoms with Gasteiger partial charge in [-0.3, -0.25) is 13.9 Å². The van der Waals surface area contributed by atoms with Crippen LogP contribution < -0.4 is 16.1 Å². The number of hydrogen-bond acceptors (Lipinski definition) is 5. The molecule has 2 aromatic heterocycles. The highest BCUT2D eigenvalue weighted by Gasteiger charge is 2.29. The fourth-order valence-electron chi connectivity index (χ4n) is 3.87. The Balaban J connectivity index is 1.96. The van der Waals surface area contributed by atoms with E-state index < -0.39 is 5.69 Å². The standard InChI is InChI=1S/C20H25N5O3/c1-13-5-7-15(8-6-13)24-11-14(2)12-25-16-17(21-19(24)25)22(3)20(28)23(18(16)27)9-4-10-26/h5-8,14,26H,4,9-12H2,1-3H3/t14-/m1/s1. The van der Waals surface area contributed by atoms with E-state index in [2.05, 4.69) is 36.1 Å². The molecule has 0 radical (unpaired) electrons. The minimum absolute atomic E-state index is 0.0730. The smallest absolute Gasteiger partial charge is 0.332 e. The van der Waals surface area contributed by atoms with Gasteiger partial charge in [-0.2, -0.15) is 4.98 Å². The summed E-state index contributed by atoms with van der Waals surface area (Å²) in [7, 11) is 1.64. The molecule has 0 bridgehead atoms. The number of aliphatic hydroxyl groups is 1. The van der Waals surface area contributed by atoms with Gasteiger partial charge in [0.05, 0.1) is 0 Å². The van der Waals surface area contributed by atoms with Crippen LogP contribution in [0.2, 0.25) is 0 Å². The molecule has 1 aliphatic rings. The number of nitrogens with zero attached hydrogens (tertiary/aromatic N) is 5. The van der Waals surface area contributed by atoms with Crippen LogP contribution >= 0.6 is 0 Å². The van der Waals surface area contributed by atoms with E-state index in [1.807, 2.05) is 11.5 Å². The lowest BCUT2D eigenvalue weighted by molar-refractivity contribution is 0.277. The number of fused-ring (bicyclic) bond motifs is 3. The number of aromatic nitrogens is 4. The summed E-state index contributed by atoms with van der Waals surface area (Å²) in [5.41, 5.74) is 2.28. The molecule has 1 aliphatic heterocycles. The second-order valence-electron chi connectivity index (χ2n) is 7.62. The highest BCUT2D eigenvalue weighted by atomic mass is 16.3. The second-order valence-corrected chi connectivity index (χ2v) is 7.62. The van der Waals surface area contributed by atoms with Crippen molar-refractivity contribution in [1.82, 2.24) is 18.7 Å². The Hall–Kier alpha value is -2.87. The van der Waals surface area contributed by atoms with Crippen LogP contribution in [0, 0.1) is 12.8 Å². The summed E-state index contributed by atoms with van der Waals surface area (Å²) in [6.07, 6.45) is 0.355. The molecule has 4 rings (SSSR count). The van der Waals surface area contributed by atoms with Crippen LogP contribution in [0.4, 0.5) is 11.6 Å². The Morgan fingerprint density at radius 3 is 2.57 bits per heavy atom. The van der Waals surface area contributed by atoms with Gasteiger partial charge < -0.3 is 14.6 Å². The molecule has 3 heterocycles. The molecule has 0 aliphatic carbocycles. The summed E-state index contributed by atoms with van der Waals surface area (Å²) in [4.78, 5) is 32.6. The zero-order valence-electron chi connectivity index (χ0n) is 16.4. The first-order valence-electron chi connectivity index (χ1n) is 9.57. The SMILES string of the molecule is Cc1ccc(N2C[C@@H](C)Cn3c2nc2c3c(=O)n(CCCO)c(=O)n2C)cc1. The van der Waals surface area contributed by atoms with Crippen molar-refractivity contribution in [2.75, 3.05) is 18.1 Å². The molecule has 8 nitrogen and oxygen atoms in total. The van der Waals surface area contributed by atoms with Gasteiger partial charge in [0.25, 0.3) is 5.56 Å². The predicted octanol–water partition coefficient (Wildman–Crippen LogP) is 1.38. The van der Waals surface area contributed by atoms with Crippen molar-refractivity contribution in [3.05, 3.63) is 50.7 Å². The van der Waals surface area contributed by atoms with Crippen LogP contribution in [0.3, 0.4) is 0 Å². The van der Waals surface area contributed by atoms with Gasteiger partial charge in [0.1, 0.15) is 0 Å². The lowest BCUT2D eigenvalue weighted by Gasteiger charge is -2.33. The van der Waals surface area contributed by atoms with Crippen LogP contribution in [0.5, 0.6) is 0 Å². The maximum absolute atomic E-state index is 13.1. The van der Waals surface area contributed by atoms with E-state index >= 15 is 0 Å². The first-order chi connectivity index (χ1) is 13.4. The molecule has 28 heavy (non-hydrogen) atoms. The molecule has 148 valence electrons. The molecule has 0 saturated carbocycles. The highest BCUT2D eigenvalue weighted by molar-refractivity contribution is 5.77. The lowest BCUT2D eigenvalue weighted by atomic mass is 10.1. The van der Waals surface area contributed by atoms with E-state index in [0.29, 0.717) is 36.0 Å². The summed E-state index contributed by atoms with van der Waals surface area (Å²) < 4.78 is 4.56. The lowest BCUT2D eigenvalue weighted by Crippen LogP contribution is -2.40. The van der Waals surface area contributed by atoms with Crippen LogP contribution in [0.25, 0.3) is 11.2 Å². The number of aryl methyl sites for hydroxylation is 2. The molecular weight excluding hydrogens is 358 g/mol. The molecule has 0 fully saturated rings. The van der Waals surface area contributed by atoms with E-state index in [9.17, 15) is 9.59 Å². The predicted molar refractivity (Wildman–Crippen MR) is 108 cm³/mol. The zero-order valence-corrected chi connectivity index (χ0v) is 16.4. The quantitative estimate of drug-likeness (QED) is 0.736. The Morgan fingerprint density at radius 1 is 1.18 bits per heavy atom. The van der Waals surface area contributed by atoms with E-state index in [1.54, 1.807) is 7.05 Å². The van der Waals surface area contributed by atoms with Crippen molar-refractivity contribution < 1.29 is 5.11 Å². The van der Waals surface area contributed by atoms with Crippen molar-refractivity contribution in [3.63, 3.8) is 0 Å². The van der Waals surface area contributed by atoms with Crippen molar-refractivity contribution in [2.45, 2.75) is 33.4 Å². The number of rotatable bonds is 4. The van der Waals surface area contributed by atoms with E-state index in [1.165, 1.54) is 14.7 Å². The maximum Gasteiger partial charge on any atom is 0.332 e. The molecule has 1 atom stereocenters. The fourth-order valence-corrected chi connectivity index (χ4v) is 3.87. The maximum atomic E-state index is 13.1. The topological polar surface area (TPSA) is 85.3 Å². The van der Waals surface area contributed by atoms with E-state index in [4.69, 9.17) is 10.1 Å². The number of hydrogen-bond donors (Lipinski definition) is 1. The van der Waals surface area contributed by atoms with Crippen LogP contribution in [0.15, 0.2) is 33.9 Å². The number of anilines is 2. The average Bonchev–Trinajstić information content (AvgIpc) is 3.06. The first kappa shape index (κ1) is 18.5. The summed E-state index contributed by atoms with van der Waals surface area (Å²) in [6, 6.07) is 8.21. The molecule has 1 aromatic carbocycles.